The molecular formula is C13H13N3O4. The van der Waals surface area contributed by atoms with Gasteiger partial charge in [0.1, 0.15) is 0 Å². The Kier molecular flexibility index (Phi) is 3.09. The molecule has 104 valence electrons. The summed E-state index contributed by atoms with van der Waals surface area (Å²) in [5.74, 6) is -0.0893. The minimum Gasteiger partial charge on any atom is -0.382 e. The van der Waals surface area contributed by atoms with Crippen LogP contribution in [0.25, 0.3) is 0 Å². The van der Waals surface area contributed by atoms with Crippen LogP contribution in [0.1, 0.15) is 18.4 Å². The third-order valence-corrected chi connectivity index (χ3v) is 3.52. The standard InChI is InChI=1S/C13H13N3O4/c17-13(15-6-3-7-15)12-8-10(14-20-12)9-4-1-2-5-11(9)16(18)19/h1-2,4-5,12H,3,6-8H2. The van der Waals surface area contributed by atoms with Gasteiger partial charge >= 0.3 is 0 Å². The third-order valence-electron chi connectivity index (χ3n) is 3.52. The predicted octanol–water partition coefficient (Wildman–Crippen LogP) is 1.32. The highest BCUT2D eigenvalue weighted by molar-refractivity contribution is 6.06. The topological polar surface area (TPSA) is 85.0 Å². The number of nitro benzene ring substituents is 1. The Hall–Kier alpha value is -2.44. The number of amides is 1. The van der Waals surface area contributed by atoms with Gasteiger partial charge in [0.05, 0.1) is 16.2 Å². The van der Waals surface area contributed by atoms with Gasteiger partial charge in [-0.15, -0.1) is 0 Å². The third kappa shape index (κ3) is 2.11. The maximum atomic E-state index is 12.0. The first-order chi connectivity index (χ1) is 9.66. The average molecular weight is 275 g/mol. The molecule has 0 aliphatic carbocycles. The van der Waals surface area contributed by atoms with Crippen LogP contribution in [-0.4, -0.2) is 40.6 Å². The number of hydrogen-bond donors (Lipinski definition) is 0. The molecule has 2 aliphatic heterocycles. The second-order valence-electron chi connectivity index (χ2n) is 4.79. The van der Waals surface area contributed by atoms with E-state index in [4.69, 9.17) is 4.84 Å². The Morgan fingerprint density at radius 3 is 2.80 bits per heavy atom. The second-order valence-corrected chi connectivity index (χ2v) is 4.79. The highest BCUT2D eigenvalue weighted by Crippen LogP contribution is 2.25. The van der Waals surface area contributed by atoms with E-state index < -0.39 is 11.0 Å². The lowest BCUT2D eigenvalue weighted by molar-refractivity contribution is -0.385. The van der Waals surface area contributed by atoms with Crippen LogP contribution in [-0.2, 0) is 9.63 Å². The van der Waals surface area contributed by atoms with E-state index in [0.29, 0.717) is 11.3 Å². The van der Waals surface area contributed by atoms with Gasteiger partial charge in [-0.2, -0.15) is 0 Å². The van der Waals surface area contributed by atoms with Crippen molar-refractivity contribution in [2.24, 2.45) is 5.16 Å². The van der Waals surface area contributed by atoms with Crippen LogP contribution in [0.15, 0.2) is 29.4 Å². The summed E-state index contributed by atoms with van der Waals surface area (Å²) in [5, 5.41) is 14.8. The fourth-order valence-corrected chi connectivity index (χ4v) is 2.29. The lowest BCUT2D eigenvalue weighted by Gasteiger charge is -2.32. The number of benzene rings is 1. The molecule has 20 heavy (non-hydrogen) atoms. The van der Waals surface area contributed by atoms with E-state index in [1.807, 2.05) is 0 Å². The van der Waals surface area contributed by atoms with Crippen LogP contribution >= 0.6 is 0 Å². The Morgan fingerprint density at radius 1 is 1.40 bits per heavy atom. The molecule has 1 unspecified atom stereocenters. The first-order valence-corrected chi connectivity index (χ1v) is 6.42. The molecule has 1 atom stereocenters. The maximum Gasteiger partial charge on any atom is 0.278 e. The molecule has 0 radical (unpaired) electrons. The summed E-state index contributed by atoms with van der Waals surface area (Å²) >= 11 is 0. The second kappa shape index (κ2) is 4.92. The molecule has 1 fully saturated rings. The number of nitrogens with zero attached hydrogens (tertiary/aromatic N) is 3. The molecule has 0 spiro atoms. The van der Waals surface area contributed by atoms with Gasteiger partial charge in [-0.1, -0.05) is 17.3 Å². The highest BCUT2D eigenvalue weighted by atomic mass is 16.6. The number of nitro groups is 1. The number of carbonyl (C=O) groups is 1. The van der Waals surface area contributed by atoms with Gasteiger partial charge < -0.3 is 9.74 Å². The van der Waals surface area contributed by atoms with E-state index >= 15 is 0 Å². The predicted molar refractivity (Wildman–Crippen MR) is 70.3 cm³/mol. The van der Waals surface area contributed by atoms with E-state index in [0.717, 1.165) is 19.5 Å². The number of likely N-dealkylation sites (tertiary alicyclic amines) is 1. The van der Waals surface area contributed by atoms with Gasteiger partial charge in [0.2, 0.25) is 6.10 Å². The zero-order chi connectivity index (χ0) is 14.1. The Labute approximate surface area is 115 Å². The lowest BCUT2D eigenvalue weighted by atomic mass is 10.0. The Balaban J connectivity index is 1.77. The molecule has 0 N–H and O–H groups in total. The van der Waals surface area contributed by atoms with Gasteiger partial charge in [-0.25, -0.2) is 0 Å². The molecular weight excluding hydrogens is 262 g/mol. The van der Waals surface area contributed by atoms with E-state index in [1.165, 1.54) is 6.07 Å². The quantitative estimate of drug-likeness (QED) is 0.615. The summed E-state index contributed by atoms with van der Waals surface area (Å²) < 4.78 is 0. The molecule has 1 saturated heterocycles. The molecule has 0 bridgehead atoms. The van der Waals surface area contributed by atoms with Gasteiger partial charge in [0, 0.05) is 25.6 Å². The van der Waals surface area contributed by atoms with Crippen molar-refractivity contribution < 1.29 is 14.6 Å². The maximum absolute atomic E-state index is 12.0. The van der Waals surface area contributed by atoms with Crippen molar-refractivity contribution in [2.45, 2.75) is 18.9 Å². The summed E-state index contributed by atoms with van der Waals surface area (Å²) in [6.45, 7) is 1.50. The molecule has 2 heterocycles. The summed E-state index contributed by atoms with van der Waals surface area (Å²) in [4.78, 5) is 29.4. The lowest BCUT2D eigenvalue weighted by Crippen LogP contribution is -2.47. The van der Waals surface area contributed by atoms with Crippen LogP contribution in [0.5, 0.6) is 0 Å². The fraction of sp³-hybridized carbons (Fsp3) is 0.385. The molecule has 1 amide bonds. The number of carbonyl (C=O) groups excluding carboxylic acids is 1. The number of rotatable bonds is 3. The largest absolute Gasteiger partial charge is 0.382 e. The van der Waals surface area contributed by atoms with Gasteiger partial charge in [0.25, 0.3) is 11.6 Å². The molecule has 0 aromatic heterocycles. The van der Waals surface area contributed by atoms with E-state index in [2.05, 4.69) is 5.16 Å². The summed E-state index contributed by atoms with van der Waals surface area (Å²) in [6.07, 6.45) is 0.640. The molecule has 2 aliphatic rings. The average Bonchev–Trinajstić information content (AvgIpc) is 2.86. The SMILES string of the molecule is O=C(C1CC(c2ccccc2[N+](=O)[O-])=NO1)N1CCC1. The van der Waals surface area contributed by atoms with Crippen LogP contribution in [0.2, 0.25) is 0 Å². The van der Waals surface area contributed by atoms with Gasteiger partial charge in [-0.05, 0) is 12.5 Å². The molecule has 3 rings (SSSR count). The smallest absolute Gasteiger partial charge is 0.278 e. The summed E-state index contributed by atoms with van der Waals surface area (Å²) in [5.41, 5.74) is 0.847. The van der Waals surface area contributed by atoms with Gasteiger partial charge in [0.15, 0.2) is 0 Å². The van der Waals surface area contributed by atoms with Crippen LogP contribution < -0.4 is 0 Å². The van der Waals surface area contributed by atoms with Crippen LogP contribution in [0.4, 0.5) is 5.69 Å². The number of hydrogen-bond acceptors (Lipinski definition) is 5. The first-order valence-electron chi connectivity index (χ1n) is 6.42. The van der Waals surface area contributed by atoms with Crippen molar-refractivity contribution in [2.75, 3.05) is 13.1 Å². The Bertz CT molecular complexity index is 595. The van der Waals surface area contributed by atoms with Crippen molar-refractivity contribution in [3.63, 3.8) is 0 Å². The van der Waals surface area contributed by atoms with Crippen molar-refractivity contribution in [1.29, 1.82) is 0 Å². The Morgan fingerprint density at radius 2 is 2.15 bits per heavy atom. The van der Waals surface area contributed by atoms with Crippen molar-refractivity contribution in [3.05, 3.63) is 39.9 Å². The molecule has 7 heteroatoms. The minimum atomic E-state index is -0.648. The normalized spacial score (nSPS) is 20.9. The van der Waals surface area contributed by atoms with Crippen molar-refractivity contribution in [3.8, 4) is 0 Å². The molecule has 7 nitrogen and oxygen atoms in total. The highest BCUT2D eigenvalue weighted by Gasteiger charge is 2.35. The monoisotopic (exact) mass is 275 g/mol. The number of para-hydroxylation sites is 1. The van der Waals surface area contributed by atoms with E-state index in [9.17, 15) is 14.9 Å². The first kappa shape index (κ1) is 12.6. The molecule has 1 aromatic rings. The number of oxime groups is 1. The van der Waals surface area contributed by atoms with E-state index in [1.54, 1.807) is 23.1 Å². The molecule has 1 aromatic carbocycles. The van der Waals surface area contributed by atoms with Crippen LogP contribution in [0.3, 0.4) is 0 Å². The van der Waals surface area contributed by atoms with Crippen LogP contribution in [0, 0.1) is 10.1 Å². The zero-order valence-electron chi connectivity index (χ0n) is 10.7. The fourth-order valence-electron chi connectivity index (χ4n) is 2.29. The van der Waals surface area contributed by atoms with Crippen molar-refractivity contribution >= 4 is 17.3 Å². The van der Waals surface area contributed by atoms with E-state index in [-0.39, 0.29) is 18.0 Å². The summed E-state index contributed by atoms with van der Waals surface area (Å²) in [7, 11) is 0. The molecule has 0 saturated carbocycles. The zero-order valence-corrected chi connectivity index (χ0v) is 10.7. The minimum absolute atomic E-state index is 0.0214. The summed E-state index contributed by atoms with van der Waals surface area (Å²) in [6, 6.07) is 6.34. The van der Waals surface area contributed by atoms with Gasteiger partial charge in [-0.3, -0.25) is 14.9 Å². The van der Waals surface area contributed by atoms with Crippen molar-refractivity contribution in [1.82, 2.24) is 4.90 Å².